The van der Waals surface area contributed by atoms with Crippen LogP contribution in [0, 0.1) is 12.3 Å². The molecule has 6 nitrogen and oxygen atoms in total. The van der Waals surface area contributed by atoms with Crippen LogP contribution in [0.3, 0.4) is 0 Å². The summed E-state index contributed by atoms with van der Waals surface area (Å²) in [5, 5.41) is 13.8. The Kier molecular flexibility index (Phi) is 5.20. The van der Waals surface area contributed by atoms with Gasteiger partial charge in [0.1, 0.15) is 5.75 Å². The number of aliphatic hydroxyl groups is 1. The zero-order valence-corrected chi connectivity index (χ0v) is 15.0. The number of carbonyl (C=O) groups excluding carboxylic acids is 2. The lowest BCUT2D eigenvalue weighted by molar-refractivity contribution is -0.155. The van der Waals surface area contributed by atoms with Crippen molar-refractivity contribution in [2.45, 2.75) is 32.3 Å². The molecular formula is C18H23ClN2O4. The third-order valence-corrected chi connectivity index (χ3v) is 5.40. The summed E-state index contributed by atoms with van der Waals surface area (Å²) in [5.41, 5.74) is -0.0278. The number of aryl methyl sites for hydroxylation is 1. The second-order valence-electron chi connectivity index (χ2n) is 6.83. The number of amides is 2. The fourth-order valence-corrected chi connectivity index (χ4v) is 3.89. The number of likely N-dealkylation sites (tertiary alicyclic amines) is 1. The van der Waals surface area contributed by atoms with Gasteiger partial charge >= 0.3 is 0 Å². The van der Waals surface area contributed by atoms with Crippen LogP contribution in [-0.2, 0) is 9.59 Å². The van der Waals surface area contributed by atoms with Crippen molar-refractivity contribution in [1.29, 1.82) is 0 Å². The average Bonchev–Trinajstić information content (AvgIpc) is 2.58. The molecule has 25 heavy (non-hydrogen) atoms. The van der Waals surface area contributed by atoms with E-state index in [1.807, 2.05) is 6.92 Å². The molecule has 2 heterocycles. The Morgan fingerprint density at radius 1 is 1.52 bits per heavy atom. The predicted octanol–water partition coefficient (Wildman–Crippen LogP) is 1.52. The summed E-state index contributed by atoms with van der Waals surface area (Å²) in [6.45, 7) is 3.06. The van der Waals surface area contributed by atoms with Crippen LogP contribution in [0.2, 0.25) is 5.02 Å². The van der Waals surface area contributed by atoms with Gasteiger partial charge in [-0.15, -0.1) is 0 Å². The lowest BCUT2D eigenvalue weighted by Crippen LogP contribution is -2.62. The minimum atomic E-state index is -0.887. The predicted molar refractivity (Wildman–Crippen MR) is 93.6 cm³/mol. The molecule has 2 aliphatic heterocycles. The van der Waals surface area contributed by atoms with Crippen molar-refractivity contribution >= 4 is 23.4 Å². The van der Waals surface area contributed by atoms with E-state index >= 15 is 0 Å². The number of benzene rings is 1. The number of halogens is 1. The summed E-state index contributed by atoms with van der Waals surface area (Å²) < 4.78 is 5.62. The smallest absolute Gasteiger partial charge is 0.260 e. The van der Waals surface area contributed by atoms with Crippen LogP contribution in [-0.4, -0.2) is 54.2 Å². The topological polar surface area (TPSA) is 78.9 Å². The third-order valence-electron chi connectivity index (χ3n) is 5.16. The summed E-state index contributed by atoms with van der Waals surface area (Å²) in [5.74, 6) is 0.275. The van der Waals surface area contributed by atoms with Crippen LogP contribution < -0.4 is 10.1 Å². The van der Waals surface area contributed by atoms with Gasteiger partial charge in [0.15, 0.2) is 6.61 Å². The molecule has 136 valence electrons. The van der Waals surface area contributed by atoms with Gasteiger partial charge in [0.25, 0.3) is 5.91 Å². The van der Waals surface area contributed by atoms with Crippen molar-refractivity contribution in [3.8, 4) is 5.75 Å². The highest BCUT2D eigenvalue weighted by atomic mass is 35.5. The molecule has 0 radical (unpaired) electrons. The lowest BCUT2D eigenvalue weighted by atomic mass is 9.71. The van der Waals surface area contributed by atoms with Gasteiger partial charge < -0.3 is 20.1 Å². The van der Waals surface area contributed by atoms with Crippen LogP contribution in [0.15, 0.2) is 18.2 Å². The first-order valence-corrected chi connectivity index (χ1v) is 8.93. The monoisotopic (exact) mass is 366 g/mol. The Hall–Kier alpha value is -1.79. The fourth-order valence-electron chi connectivity index (χ4n) is 3.66. The number of piperidine rings is 2. The maximum atomic E-state index is 12.6. The highest BCUT2D eigenvalue weighted by molar-refractivity contribution is 6.30. The maximum Gasteiger partial charge on any atom is 0.260 e. The summed E-state index contributed by atoms with van der Waals surface area (Å²) in [7, 11) is 0. The molecule has 0 aliphatic carbocycles. The molecule has 0 unspecified atom stereocenters. The van der Waals surface area contributed by atoms with E-state index in [1.165, 1.54) is 0 Å². The van der Waals surface area contributed by atoms with E-state index in [0.29, 0.717) is 36.7 Å². The van der Waals surface area contributed by atoms with Crippen molar-refractivity contribution in [2.75, 3.05) is 26.2 Å². The van der Waals surface area contributed by atoms with E-state index < -0.39 is 11.5 Å². The minimum absolute atomic E-state index is 0.101. The second-order valence-corrected chi connectivity index (χ2v) is 7.27. The number of rotatable bonds is 3. The Morgan fingerprint density at radius 3 is 3.04 bits per heavy atom. The highest BCUT2D eigenvalue weighted by Gasteiger charge is 2.50. The first-order chi connectivity index (χ1) is 11.9. The Morgan fingerprint density at radius 2 is 2.32 bits per heavy atom. The summed E-state index contributed by atoms with van der Waals surface area (Å²) in [6.07, 6.45) is 1.10. The molecule has 2 N–H and O–H groups in total. The molecule has 2 saturated heterocycles. The van der Waals surface area contributed by atoms with Crippen LogP contribution in [0.4, 0.5) is 0 Å². The van der Waals surface area contributed by atoms with Gasteiger partial charge in [-0.1, -0.05) is 11.6 Å². The zero-order valence-electron chi connectivity index (χ0n) is 14.3. The molecule has 2 atom stereocenters. The van der Waals surface area contributed by atoms with E-state index in [1.54, 1.807) is 23.1 Å². The summed E-state index contributed by atoms with van der Waals surface area (Å²) >= 11 is 5.92. The number of carbonyl (C=O) groups is 2. The molecule has 0 saturated carbocycles. The van der Waals surface area contributed by atoms with E-state index in [2.05, 4.69) is 5.32 Å². The zero-order chi connectivity index (χ0) is 18.0. The standard InChI is InChI=1S/C18H23ClN2O4/c1-12-9-13(19)3-4-14(12)25-10-16(23)21-8-5-15(22)18(11-21)6-2-7-20-17(18)24/h3-4,9,15,22H,2,5-8,10-11H2,1H3,(H,20,24)/t15-,18+/m0/s1. The number of hydrogen-bond acceptors (Lipinski definition) is 4. The van der Waals surface area contributed by atoms with Gasteiger partial charge in [0.2, 0.25) is 5.91 Å². The lowest BCUT2D eigenvalue weighted by Gasteiger charge is -2.46. The quantitative estimate of drug-likeness (QED) is 0.850. The molecule has 1 spiro atoms. The molecule has 0 aromatic heterocycles. The first kappa shape index (κ1) is 18.0. The van der Waals surface area contributed by atoms with Crippen LogP contribution in [0.5, 0.6) is 5.75 Å². The van der Waals surface area contributed by atoms with Gasteiger partial charge in [-0.25, -0.2) is 0 Å². The third kappa shape index (κ3) is 3.60. The van der Waals surface area contributed by atoms with Gasteiger partial charge in [-0.2, -0.15) is 0 Å². The van der Waals surface area contributed by atoms with Gasteiger partial charge in [-0.05, 0) is 49.9 Å². The summed E-state index contributed by atoms with van der Waals surface area (Å²) in [4.78, 5) is 26.5. The number of hydrogen-bond donors (Lipinski definition) is 2. The molecular weight excluding hydrogens is 344 g/mol. The highest BCUT2D eigenvalue weighted by Crippen LogP contribution is 2.37. The number of nitrogens with zero attached hydrogens (tertiary/aromatic N) is 1. The fraction of sp³-hybridized carbons (Fsp3) is 0.556. The normalized spacial score (nSPS) is 26.4. The van der Waals surface area contributed by atoms with Gasteiger partial charge in [0, 0.05) is 24.7 Å². The van der Waals surface area contributed by atoms with Gasteiger partial charge in [-0.3, -0.25) is 9.59 Å². The molecule has 3 rings (SSSR count). The first-order valence-electron chi connectivity index (χ1n) is 8.55. The number of aliphatic hydroxyl groups excluding tert-OH is 1. The second kappa shape index (κ2) is 7.22. The van der Waals surface area contributed by atoms with Crippen LogP contribution >= 0.6 is 11.6 Å². The van der Waals surface area contributed by atoms with Gasteiger partial charge in [0.05, 0.1) is 11.5 Å². The Bertz CT molecular complexity index is 681. The SMILES string of the molecule is Cc1cc(Cl)ccc1OCC(=O)N1CC[C@H](O)[C@@]2(CCCNC2=O)C1. The molecule has 2 amide bonds. The maximum absolute atomic E-state index is 12.6. The van der Waals surface area contributed by atoms with Crippen molar-refractivity contribution in [3.63, 3.8) is 0 Å². The molecule has 2 fully saturated rings. The molecule has 0 bridgehead atoms. The molecule has 1 aromatic carbocycles. The van der Waals surface area contributed by atoms with E-state index in [-0.39, 0.29) is 25.0 Å². The Labute approximate surface area is 152 Å². The number of ether oxygens (including phenoxy) is 1. The van der Waals surface area contributed by atoms with E-state index in [9.17, 15) is 14.7 Å². The molecule has 2 aliphatic rings. The van der Waals surface area contributed by atoms with E-state index in [0.717, 1.165) is 12.0 Å². The largest absolute Gasteiger partial charge is 0.483 e. The molecule has 7 heteroatoms. The summed E-state index contributed by atoms with van der Waals surface area (Å²) in [6, 6.07) is 5.23. The average molecular weight is 367 g/mol. The molecule has 1 aromatic rings. The van der Waals surface area contributed by atoms with E-state index in [4.69, 9.17) is 16.3 Å². The Balaban J connectivity index is 1.65. The van der Waals surface area contributed by atoms with Crippen molar-refractivity contribution < 1.29 is 19.4 Å². The minimum Gasteiger partial charge on any atom is -0.483 e. The van der Waals surface area contributed by atoms with Crippen molar-refractivity contribution in [3.05, 3.63) is 28.8 Å². The van der Waals surface area contributed by atoms with Crippen LogP contribution in [0.1, 0.15) is 24.8 Å². The van der Waals surface area contributed by atoms with Crippen molar-refractivity contribution in [2.24, 2.45) is 5.41 Å². The number of nitrogens with one attached hydrogen (secondary N) is 1. The van der Waals surface area contributed by atoms with Crippen molar-refractivity contribution in [1.82, 2.24) is 10.2 Å². The van der Waals surface area contributed by atoms with Crippen LogP contribution in [0.25, 0.3) is 0 Å².